The van der Waals surface area contributed by atoms with Crippen LogP contribution in [0.5, 0.6) is 0 Å². The fraction of sp³-hybridized carbons (Fsp3) is 0.381. The first-order valence-electron chi connectivity index (χ1n) is 8.96. The van der Waals surface area contributed by atoms with Crippen LogP contribution in [0.4, 0.5) is 4.39 Å². The lowest BCUT2D eigenvalue weighted by Gasteiger charge is -2.38. The number of rotatable bonds is 7. The third kappa shape index (κ3) is 5.08. The molecule has 3 nitrogen and oxygen atoms in total. The van der Waals surface area contributed by atoms with Crippen molar-refractivity contribution in [1.82, 2.24) is 5.32 Å². The molecule has 0 atom stereocenters. The third-order valence-corrected chi connectivity index (χ3v) is 5.89. The number of hydrogen-bond donors (Lipinski definition) is 1. The molecule has 3 rings (SSSR count). The molecule has 0 radical (unpaired) electrons. The van der Waals surface area contributed by atoms with Crippen molar-refractivity contribution in [3.63, 3.8) is 0 Å². The average molecular weight is 373 g/mol. The fourth-order valence-electron chi connectivity index (χ4n) is 3.27. The van der Waals surface area contributed by atoms with Crippen molar-refractivity contribution >= 4 is 17.7 Å². The Morgan fingerprint density at radius 2 is 1.77 bits per heavy atom. The Balaban J connectivity index is 1.54. The summed E-state index contributed by atoms with van der Waals surface area (Å²) in [5.74, 6) is 0.571. The average Bonchev–Trinajstić information content (AvgIpc) is 2.68. The Hall–Kier alpha value is -1.85. The predicted octanol–water partition coefficient (Wildman–Crippen LogP) is 4.17. The minimum Gasteiger partial charge on any atom is -0.381 e. The van der Waals surface area contributed by atoms with Crippen LogP contribution < -0.4 is 5.32 Å². The maximum Gasteiger partial charge on any atom is 0.220 e. The van der Waals surface area contributed by atoms with Crippen molar-refractivity contribution in [2.45, 2.75) is 29.6 Å². The molecule has 0 saturated carbocycles. The molecule has 2 aromatic rings. The Kier molecular flexibility index (Phi) is 6.69. The zero-order valence-corrected chi connectivity index (χ0v) is 15.6. The quantitative estimate of drug-likeness (QED) is 0.740. The third-order valence-electron chi connectivity index (χ3n) is 4.87. The summed E-state index contributed by atoms with van der Waals surface area (Å²) in [7, 11) is 0. The Morgan fingerprint density at radius 3 is 2.46 bits per heavy atom. The maximum absolute atomic E-state index is 13.3. The summed E-state index contributed by atoms with van der Waals surface area (Å²) in [6, 6.07) is 16.7. The van der Waals surface area contributed by atoms with Crippen molar-refractivity contribution < 1.29 is 13.9 Å². The molecule has 0 bridgehead atoms. The number of thioether (sulfide) groups is 1. The molecule has 1 aliphatic heterocycles. The van der Waals surface area contributed by atoms with Gasteiger partial charge in [0.15, 0.2) is 0 Å². The second-order valence-electron chi connectivity index (χ2n) is 6.59. The molecule has 0 unspecified atom stereocenters. The summed E-state index contributed by atoms with van der Waals surface area (Å²) in [6.07, 6.45) is 2.14. The topological polar surface area (TPSA) is 38.3 Å². The van der Waals surface area contributed by atoms with Gasteiger partial charge in [0.25, 0.3) is 0 Å². The number of carbonyl (C=O) groups is 1. The maximum atomic E-state index is 13.3. The van der Waals surface area contributed by atoms with Crippen LogP contribution in [-0.2, 0) is 14.9 Å². The van der Waals surface area contributed by atoms with Gasteiger partial charge >= 0.3 is 0 Å². The van der Waals surface area contributed by atoms with Gasteiger partial charge in [0.2, 0.25) is 5.91 Å². The van der Waals surface area contributed by atoms with Gasteiger partial charge in [0.05, 0.1) is 0 Å². The molecule has 138 valence electrons. The van der Waals surface area contributed by atoms with Gasteiger partial charge in [-0.15, -0.1) is 11.8 Å². The van der Waals surface area contributed by atoms with Gasteiger partial charge in [-0.25, -0.2) is 4.39 Å². The molecule has 26 heavy (non-hydrogen) atoms. The van der Waals surface area contributed by atoms with E-state index < -0.39 is 0 Å². The van der Waals surface area contributed by atoms with E-state index in [4.69, 9.17) is 4.74 Å². The van der Waals surface area contributed by atoms with Gasteiger partial charge in [0, 0.05) is 42.2 Å². The van der Waals surface area contributed by atoms with Crippen molar-refractivity contribution in [3.8, 4) is 0 Å². The van der Waals surface area contributed by atoms with Crippen molar-refractivity contribution in [2.75, 3.05) is 25.5 Å². The molecule has 0 aromatic heterocycles. The van der Waals surface area contributed by atoms with E-state index in [0.717, 1.165) is 24.2 Å². The normalized spacial score (nSPS) is 16.2. The van der Waals surface area contributed by atoms with Crippen LogP contribution >= 0.6 is 11.8 Å². The lowest BCUT2D eigenvalue weighted by atomic mass is 9.74. The zero-order chi connectivity index (χ0) is 18.2. The Labute approximate surface area is 158 Å². The van der Waals surface area contributed by atoms with Crippen LogP contribution in [0, 0.1) is 5.82 Å². The Morgan fingerprint density at radius 1 is 1.08 bits per heavy atom. The number of amides is 1. The largest absolute Gasteiger partial charge is 0.381 e. The highest BCUT2D eigenvalue weighted by Gasteiger charge is 2.34. The number of carbonyl (C=O) groups excluding carboxylic acids is 1. The first kappa shape index (κ1) is 18.9. The van der Waals surface area contributed by atoms with Gasteiger partial charge < -0.3 is 10.1 Å². The molecule has 1 N–H and O–H groups in total. The van der Waals surface area contributed by atoms with Crippen molar-refractivity contribution in [2.24, 2.45) is 0 Å². The van der Waals surface area contributed by atoms with Crippen LogP contribution in [0.3, 0.4) is 0 Å². The monoisotopic (exact) mass is 373 g/mol. The molecule has 1 heterocycles. The first-order valence-corrected chi connectivity index (χ1v) is 9.95. The van der Waals surface area contributed by atoms with E-state index in [1.165, 1.54) is 17.0 Å². The van der Waals surface area contributed by atoms with Crippen LogP contribution in [0.2, 0.25) is 0 Å². The molecule has 5 heteroatoms. The summed E-state index contributed by atoms with van der Waals surface area (Å²) in [5, 5.41) is 3.09. The van der Waals surface area contributed by atoms with Gasteiger partial charge in [0.1, 0.15) is 5.82 Å². The number of halogens is 1. The fourth-order valence-corrected chi connectivity index (χ4v) is 4.14. The molecule has 1 amide bonds. The molecule has 1 saturated heterocycles. The number of ether oxygens (including phenoxy) is 1. The van der Waals surface area contributed by atoms with E-state index in [1.807, 2.05) is 42.5 Å². The van der Waals surface area contributed by atoms with Crippen LogP contribution in [-0.4, -0.2) is 31.4 Å². The van der Waals surface area contributed by atoms with E-state index in [-0.39, 0.29) is 17.1 Å². The molecule has 1 aliphatic rings. The molecular weight excluding hydrogens is 349 g/mol. The van der Waals surface area contributed by atoms with E-state index in [0.29, 0.717) is 26.2 Å². The van der Waals surface area contributed by atoms with E-state index in [9.17, 15) is 9.18 Å². The first-order chi connectivity index (χ1) is 12.7. The molecule has 1 fully saturated rings. The summed E-state index contributed by atoms with van der Waals surface area (Å²) < 4.78 is 18.8. The number of benzene rings is 2. The Bertz CT molecular complexity index is 700. The van der Waals surface area contributed by atoms with Gasteiger partial charge in [-0.05, 0) is 42.7 Å². The minimum absolute atomic E-state index is 0.0569. The van der Waals surface area contributed by atoms with Crippen LogP contribution in [0.15, 0.2) is 59.5 Å². The molecule has 2 aromatic carbocycles. The SMILES string of the molecule is O=C(CCSc1ccccc1)NCC1(c2ccc(F)cc2)CCOCC1. The van der Waals surface area contributed by atoms with Gasteiger partial charge in [-0.3, -0.25) is 4.79 Å². The molecule has 0 spiro atoms. The minimum atomic E-state index is -0.238. The second kappa shape index (κ2) is 9.19. The van der Waals surface area contributed by atoms with Crippen molar-refractivity contribution in [1.29, 1.82) is 0 Å². The summed E-state index contributed by atoms with van der Waals surface area (Å²) in [4.78, 5) is 13.5. The zero-order valence-electron chi connectivity index (χ0n) is 14.7. The number of nitrogens with one attached hydrogen (secondary N) is 1. The summed E-state index contributed by atoms with van der Waals surface area (Å²) in [6.45, 7) is 1.89. The highest BCUT2D eigenvalue weighted by molar-refractivity contribution is 7.99. The van der Waals surface area contributed by atoms with Crippen LogP contribution in [0.25, 0.3) is 0 Å². The van der Waals surface area contributed by atoms with Gasteiger partial charge in [-0.2, -0.15) is 0 Å². The summed E-state index contributed by atoms with van der Waals surface area (Å²) >= 11 is 1.68. The lowest BCUT2D eigenvalue weighted by molar-refractivity contribution is -0.121. The van der Waals surface area contributed by atoms with Crippen molar-refractivity contribution in [3.05, 3.63) is 66.0 Å². The highest BCUT2D eigenvalue weighted by atomic mass is 32.2. The standard InChI is InChI=1S/C21H24FNO2S/c22-18-8-6-17(7-9-18)21(11-13-25-14-12-21)16-23-20(24)10-15-26-19-4-2-1-3-5-19/h1-9H,10-16H2,(H,23,24). The van der Waals surface area contributed by atoms with Gasteiger partial charge in [-0.1, -0.05) is 30.3 Å². The van der Waals surface area contributed by atoms with E-state index >= 15 is 0 Å². The number of hydrogen-bond acceptors (Lipinski definition) is 3. The highest BCUT2D eigenvalue weighted by Crippen LogP contribution is 2.34. The second-order valence-corrected chi connectivity index (χ2v) is 7.76. The smallest absolute Gasteiger partial charge is 0.220 e. The van der Waals surface area contributed by atoms with E-state index in [2.05, 4.69) is 5.32 Å². The predicted molar refractivity (Wildman–Crippen MR) is 103 cm³/mol. The molecular formula is C21H24FNO2S. The summed E-state index contributed by atoms with van der Waals surface area (Å²) in [5.41, 5.74) is 0.898. The van der Waals surface area contributed by atoms with Crippen LogP contribution in [0.1, 0.15) is 24.8 Å². The molecule has 0 aliphatic carbocycles. The van der Waals surface area contributed by atoms with E-state index in [1.54, 1.807) is 11.8 Å². The lowest BCUT2D eigenvalue weighted by Crippen LogP contribution is -2.44.